The zero-order chi connectivity index (χ0) is 23.5. The van der Waals surface area contributed by atoms with Crippen molar-refractivity contribution in [2.24, 2.45) is 17.8 Å². The van der Waals surface area contributed by atoms with E-state index in [0.717, 1.165) is 64.8 Å². The number of aromatic nitrogens is 2. The van der Waals surface area contributed by atoms with Crippen molar-refractivity contribution >= 4 is 17.7 Å². The summed E-state index contributed by atoms with van der Waals surface area (Å²) in [5, 5.41) is 6.71. The number of nitrogens with zero attached hydrogens (tertiary/aromatic N) is 3. The van der Waals surface area contributed by atoms with Gasteiger partial charge < -0.3 is 24.8 Å². The van der Waals surface area contributed by atoms with Crippen LogP contribution in [0.5, 0.6) is 5.88 Å². The second-order valence-corrected chi connectivity index (χ2v) is 10.7. The number of fused-ring (bicyclic) bond motifs is 2. The van der Waals surface area contributed by atoms with Gasteiger partial charge in [-0.15, -0.1) is 0 Å². The Morgan fingerprint density at radius 2 is 1.85 bits per heavy atom. The highest BCUT2D eigenvalue weighted by Crippen LogP contribution is 2.65. The van der Waals surface area contributed by atoms with Crippen molar-refractivity contribution in [2.45, 2.75) is 55.6 Å². The fourth-order valence-corrected chi connectivity index (χ4v) is 7.51. The Kier molecular flexibility index (Phi) is 5.22. The highest BCUT2D eigenvalue weighted by Gasteiger charge is 2.70. The van der Waals surface area contributed by atoms with E-state index in [4.69, 9.17) is 14.2 Å². The molecule has 2 heterocycles. The number of morpholine rings is 1. The lowest BCUT2D eigenvalue weighted by Crippen LogP contribution is -2.82. The molecule has 0 spiro atoms. The molecule has 1 amide bonds. The van der Waals surface area contributed by atoms with Crippen LogP contribution in [0.2, 0.25) is 0 Å². The zero-order valence-corrected chi connectivity index (χ0v) is 19.8. The fourth-order valence-electron chi connectivity index (χ4n) is 7.51. The average molecular weight is 472 g/mol. The van der Waals surface area contributed by atoms with Gasteiger partial charge in [0.15, 0.2) is 0 Å². The van der Waals surface area contributed by atoms with Gasteiger partial charge in [0.1, 0.15) is 17.7 Å². The van der Waals surface area contributed by atoms with Gasteiger partial charge in [-0.25, -0.2) is 9.97 Å². The van der Waals surface area contributed by atoms with Gasteiger partial charge in [0, 0.05) is 30.2 Å². The first-order valence-electron chi connectivity index (χ1n) is 12.4. The molecule has 4 atom stereocenters. The van der Waals surface area contributed by atoms with Gasteiger partial charge in [-0.3, -0.25) is 14.5 Å². The van der Waals surface area contributed by atoms with Crippen LogP contribution in [0.25, 0.3) is 0 Å². The van der Waals surface area contributed by atoms with Gasteiger partial charge >= 0.3 is 5.97 Å². The van der Waals surface area contributed by atoms with Crippen molar-refractivity contribution in [3.05, 3.63) is 11.9 Å². The normalized spacial score (nSPS) is 37.9. The summed E-state index contributed by atoms with van der Waals surface area (Å²) < 4.78 is 16.0. The third kappa shape index (κ3) is 3.29. The molecule has 1 aliphatic heterocycles. The van der Waals surface area contributed by atoms with E-state index in [1.54, 1.807) is 0 Å². The van der Waals surface area contributed by atoms with Crippen molar-refractivity contribution in [2.75, 3.05) is 45.8 Å². The van der Waals surface area contributed by atoms with E-state index in [0.29, 0.717) is 11.4 Å². The van der Waals surface area contributed by atoms with Crippen molar-refractivity contribution in [1.29, 1.82) is 0 Å². The van der Waals surface area contributed by atoms with Crippen LogP contribution in [-0.2, 0) is 14.3 Å². The number of hydrogen-bond donors (Lipinski definition) is 2. The smallest absolute Gasteiger partial charge is 0.311 e. The number of nitrogens with one attached hydrogen (secondary N) is 2. The minimum Gasteiger partial charge on any atom is -0.480 e. The Morgan fingerprint density at radius 1 is 1.12 bits per heavy atom. The third-order valence-corrected chi connectivity index (χ3v) is 8.99. The molecule has 6 fully saturated rings. The molecule has 184 valence electrons. The number of ether oxygens (including phenoxy) is 3. The Labute approximate surface area is 199 Å². The van der Waals surface area contributed by atoms with Crippen LogP contribution in [0.4, 0.5) is 5.82 Å². The first kappa shape index (κ1) is 22.0. The minimum absolute atomic E-state index is 0.0479. The average Bonchev–Trinajstić information content (AvgIpc) is 3.42. The van der Waals surface area contributed by atoms with Gasteiger partial charge in [-0.05, 0) is 50.4 Å². The Hall–Kier alpha value is -2.46. The quantitative estimate of drug-likeness (QED) is 0.567. The SMILES string of the molecule is COC(=O)[C@H]1[C@@H]2CC[C@@H](C2)[C@H]1NC(=O)c1c(NC23CC(N4CCOCC4)(C2)C3)ncnc1OC. The second-order valence-electron chi connectivity index (χ2n) is 10.7. The van der Waals surface area contributed by atoms with E-state index in [9.17, 15) is 9.59 Å². The summed E-state index contributed by atoms with van der Waals surface area (Å²) in [6.45, 7) is 3.56. The largest absolute Gasteiger partial charge is 0.480 e. The molecule has 1 aromatic heterocycles. The summed E-state index contributed by atoms with van der Waals surface area (Å²) in [6, 6.07) is -0.240. The van der Waals surface area contributed by atoms with E-state index in [2.05, 4.69) is 25.5 Å². The van der Waals surface area contributed by atoms with Crippen LogP contribution < -0.4 is 15.4 Å². The zero-order valence-electron chi connectivity index (χ0n) is 19.8. The van der Waals surface area contributed by atoms with E-state index in [1.807, 2.05) is 0 Å². The first-order chi connectivity index (χ1) is 16.5. The highest BCUT2D eigenvalue weighted by molar-refractivity contribution is 6.01. The van der Waals surface area contributed by atoms with Gasteiger partial charge in [-0.1, -0.05) is 0 Å². The predicted molar refractivity (Wildman–Crippen MR) is 122 cm³/mol. The second kappa shape index (κ2) is 8.05. The Balaban J connectivity index is 1.19. The van der Waals surface area contributed by atoms with Gasteiger partial charge in [0.2, 0.25) is 5.88 Å². The van der Waals surface area contributed by atoms with E-state index in [-0.39, 0.29) is 52.6 Å². The lowest BCUT2D eigenvalue weighted by atomic mass is 9.43. The van der Waals surface area contributed by atoms with Crippen LogP contribution in [0, 0.1) is 17.8 Å². The molecule has 34 heavy (non-hydrogen) atoms. The molecular weight excluding hydrogens is 438 g/mol. The van der Waals surface area contributed by atoms with Gasteiger partial charge in [0.05, 0.1) is 33.4 Å². The van der Waals surface area contributed by atoms with Gasteiger partial charge in [-0.2, -0.15) is 0 Å². The molecule has 10 heteroatoms. The molecule has 5 aliphatic carbocycles. The summed E-state index contributed by atoms with van der Waals surface area (Å²) in [4.78, 5) is 37.2. The van der Waals surface area contributed by atoms with Crippen molar-refractivity contribution in [1.82, 2.24) is 20.2 Å². The van der Waals surface area contributed by atoms with Crippen LogP contribution in [-0.4, -0.2) is 84.4 Å². The maximum Gasteiger partial charge on any atom is 0.311 e. The Bertz CT molecular complexity index is 976. The van der Waals surface area contributed by atoms with E-state index >= 15 is 0 Å². The number of anilines is 1. The topological polar surface area (TPSA) is 115 Å². The third-order valence-electron chi connectivity index (χ3n) is 8.99. The number of rotatable bonds is 7. The monoisotopic (exact) mass is 471 g/mol. The summed E-state index contributed by atoms with van der Waals surface area (Å²) in [5.74, 6) is 0.447. The van der Waals surface area contributed by atoms with Crippen LogP contribution in [0.1, 0.15) is 48.9 Å². The number of methoxy groups -OCH3 is 2. The fraction of sp³-hybridized carbons (Fsp3) is 0.750. The number of esters is 1. The number of carbonyl (C=O) groups excluding carboxylic acids is 2. The molecule has 1 aromatic rings. The summed E-state index contributed by atoms with van der Waals surface area (Å²) >= 11 is 0. The molecule has 0 radical (unpaired) electrons. The van der Waals surface area contributed by atoms with Crippen LogP contribution in [0.3, 0.4) is 0 Å². The van der Waals surface area contributed by atoms with Crippen LogP contribution in [0.15, 0.2) is 6.33 Å². The predicted octanol–water partition coefficient (Wildman–Crippen LogP) is 1.22. The molecule has 4 bridgehead atoms. The van der Waals surface area contributed by atoms with Gasteiger partial charge in [0.25, 0.3) is 5.91 Å². The van der Waals surface area contributed by atoms with Crippen molar-refractivity contribution < 1.29 is 23.8 Å². The number of amides is 1. The minimum atomic E-state index is -0.305. The summed E-state index contributed by atoms with van der Waals surface area (Å²) in [5.41, 5.74) is 0.516. The molecule has 5 saturated carbocycles. The Morgan fingerprint density at radius 3 is 2.56 bits per heavy atom. The molecule has 7 rings (SSSR count). The van der Waals surface area contributed by atoms with E-state index in [1.165, 1.54) is 20.5 Å². The van der Waals surface area contributed by atoms with Crippen molar-refractivity contribution in [3.8, 4) is 5.88 Å². The van der Waals surface area contributed by atoms with Crippen LogP contribution >= 0.6 is 0 Å². The lowest BCUT2D eigenvalue weighted by Gasteiger charge is -2.74. The molecule has 2 N–H and O–H groups in total. The van der Waals surface area contributed by atoms with E-state index < -0.39 is 0 Å². The molecule has 0 aromatic carbocycles. The molecular formula is C24H33N5O5. The number of hydrogen-bond acceptors (Lipinski definition) is 9. The maximum atomic E-state index is 13.6. The summed E-state index contributed by atoms with van der Waals surface area (Å²) in [7, 11) is 2.92. The molecule has 6 aliphatic rings. The summed E-state index contributed by atoms with van der Waals surface area (Å²) in [6.07, 6.45) is 7.50. The molecule has 0 unspecified atom stereocenters. The van der Waals surface area contributed by atoms with Crippen molar-refractivity contribution in [3.63, 3.8) is 0 Å². The highest BCUT2D eigenvalue weighted by atomic mass is 16.5. The lowest BCUT2D eigenvalue weighted by molar-refractivity contribution is -0.172. The maximum absolute atomic E-state index is 13.6. The first-order valence-corrected chi connectivity index (χ1v) is 12.4. The standard InChI is InChI=1S/C24H33N5O5/c1-32-21-17(20(30)27-18-15-4-3-14(9-15)16(18)22(31)33-2)19(25-13-26-21)28-23-10-24(11-23,12-23)29-5-7-34-8-6-29/h13-16,18H,3-12H2,1-2H3,(H,27,30)(H,25,26,28)/t14-,15+,16+,18-,23?,24?/m1/s1. The number of carbonyl (C=O) groups is 2. The molecule has 10 nitrogen and oxygen atoms in total. The molecule has 1 saturated heterocycles.